The van der Waals surface area contributed by atoms with Gasteiger partial charge < -0.3 is 4.74 Å². The lowest BCUT2D eigenvalue weighted by atomic mass is 10.2. The van der Waals surface area contributed by atoms with Gasteiger partial charge in [-0.1, -0.05) is 0 Å². The number of aromatic nitrogens is 3. The van der Waals surface area contributed by atoms with E-state index in [0.29, 0.717) is 28.0 Å². The molecule has 1 aromatic carbocycles. The molecule has 0 unspecified atom stereocenters. The van der Waals surface area contributed by atoms with Crippen LogP contribution in [0.3, 0.4) is 0 Å². The molecule has 0 atom stereocenters. The highest BCUT2D eigenvalue weighted by Crippen LogP contribution is 2.17. The molecule has 0 radical (unpaired) electrons. The minimum Gasteiger partial charge on any atom is -0.497 e. The fourth-order valence-corrected chi connectivity index (χ4v) is 1.85. The second-order valence-corrected chi connectivity index (χ2v) is 3.78. The maximum Gasteiger partial charge on any atom is 0.280 e. The number of rotatable bonds is 1. The Balaban J connectivity index is 2.47. The van der Waals surface area contributed by atoms with Crippen molar-refractivity contribution in [3.05, 3.63) is 40.3 Å². The number of H-pyrrole nitrogens is 1. The van der Waals surface area contributed by atoms with Crippen LogP contribution < -0.4 is 10.3 Å². The fourth-order valence-electron chi connectivity index (χ4n) is 1.85. The molecule has 0 aliphatic carbocycles. The molecule has 0 spiro atoms. The standard InChI is InChI=1S/C12H8N4O2/c1-18-8-2-3-10-9(5-8)12(17)16-11(14-10)4-7(6-13)15-16/h2-5,15H,1H3. The van der Waals surface area contributed by atoms with Gasteiger partial charge in [0.2, 0.25) is 0 Å². The van der Waals surface area contributed by atoms with Gasteiger partial charge in [-0.05, 0) is 18.2 Å². The van der Waals surface area contributed by atoms with Gasteiger partial charge in [0.1, 0.15) is 17.5 Å². The van der Waals surface area contributed by atoms with Gasteiger partial charge in [-0.2, -0.15) is 9.78 Å². The number of aromatic amines is 1. The molecule has 0 aliphatic rings. The van der Waals surface area contributed by atoms with Crippen LogP contribution in [0.15, 0.2) is 29.1 Å². The molecule has 0 bridgehead atoms. The third-order valence-corrected chi connectivity index (χ3v) is 2.73. The number of ether oxygens (including phenoxy) is 1. The van der Waals surface area contributed by atoms with Crippen molar-refractivity contribution >= 4 is 16.6 Å². The molecule has 2 aromatic heterocycles. The molecule has 0 amide bonds. The quantitative estimate of drug-likeness (QED) is 0.689. The maximum absolute atomic E-state index is 12.2. The summed E-state index contributed by atoms with van der Waals surface area (Å²) in [5, 5.41) is 11.9. The van der Waals surface area contributed by atoms with Crippen molar-refractivity contribution in [3.8, 4) is 11.8 Å². The van der Waals surface area contributed by atoms with E-state index in [0.717, 1.165) is 0 Å². The number of benzene rings is 1. The molecule has 0 aliphatic heterocycles. The summed E-state index contributed by atoms with van der Waals surface area (Å²) in [5.41, 5.74) is 1.04. The first kappa shape index (κ1) is 10.4. The Labute approximate surface area is 101 Å². The normalized spacial score (nSPS) is 10.7. The number of nitrogens with zero attached hydrogens (tertiary/aromatic N) is 3. The monoisotopic (exact) mass is 240 g/mol. The Morgan fingerprint density at radius 1 is 1.44 bits per heavy atom. The van der Waals surface area contributed by atoms with Crippen LogP contribution >= 0.6 is 0 Å². The number of methoxy groups -OCH3 is 1. The molecule has 3 aromatic rings. The summed E-state index contributed by atoms with van der Waals surface area (Å²) in [6, 6.07) is 8.56. The van der Waals surface area contributed by atoms with Crippen molar-refractivity contribution in [3.63, 3.8) is 0 Å². The number of hydrogen-bond donors (Lipinski definition) is 1. The molecule has 6 nitrogen and oxygen atoms in total. The molecule has 1 N–H and O–H groups in total. The van der Waals surface area contributed by atoms with Crippen LogP contribution in [0.2, 0.25) is 0 Å². The van der Waals surface area contributed by atoms with Gasteiger partial charge in [-0.15, -0.1) is 0 Å². The lowest BCUT2D eigenvalue weighted by molar-refractivity contribution is 0.415. The highest BCUT2D eigenvalue weighted by molar-refractivity contribution is 5.81. The summed E-state index contributed by atoms with van der Waals surface area (Å²) in [4.78, 5) is 16.5. The molecule has 88 valence electrons. The van der Waals surface area contributed by atoms with E-state index in [-0.39, 0.29) is 5.56 Å². The zero-order valence-corrected chi connectivity index (χ0v) is 9.47. The number of nitrogens with one attached hydrogen (secondary N) is 1. The van der Waals surface area contributed by atoms with Crippen LogP contribution in [0, 0.1) is 11.3 Å². The second-order valence-electron chi connectivity index (χ2n) is 3.78. The third kappa shape index (κ3) is 1.34. The van der Waals surface area contributed by atoms with E-state index in [1.165, 1.54) is 17.7 Å². The number of nitriles is 1. The highest BCUT2D eigenvalue weighted by Gasteiger charge is 2.09. The zero-order chi connectivity index (χ0) is 12.7. The van der Waals surface area contributed by atoms with Crippen molar-refractivity contribution < 1.29 is 4.74 Å². The molecule has 2 heterocycles. The van der Waals surface area contributed by atoms with Gasteiger partial charge in [0, 0.05) is 6.07 Å². The SMILES string of the molecule is COc1ccc2nc3cc(C#N)[nH]n3c(=O)c2c1. The van der Waals surface area contributed by atoms with E-state index in [1.807, 2.05) is 6.07 Å². The van der Waals surface area contributed by atoms with Crippen LogP contribution in [0.5, 0.6) is 5.75 Å². The first-order chi connectivity index (χ1) is 8.72. The Morgan fingerprint density at radius 2 is 2.28 bits per heavy atom. The van der Waals surface area contributed by atoms with Gasteiger partial charge >= 0.3 is 0 Å². The van der Waals surface area contributed by atoms with Crippen LogP contribution in [0.4, 0.5) is 0 Å². The van der Waals surface area contributed by atoms with Crippen molar-refractivity contribution in [1.29, 1.82) is 5.26 Å². The fraction of sp³-hybridized carbons (Fsp3) is 0.0833. The van der Waals surface area contributed by atoms with Gasteiger partial charge in [0.15, 0.2) is 5.65 Å². The molecule has 18 heavy (non-hydrogen) atoms. The van der Waals surface area contributed by atoms with Gasteiger partial charge in [-0.25, -0.2) is 4.98 Å². The van der Waals surface area contributed by atoms with Gasteiger partial charge in [-0.3, -0.25) is 9.89 Å². The van der Waals surface area contributed by atoms with Gasteiger partial charge in [0.25, 0.3) is 5.56 Å². The molecule has 0 saturated carbocycles. The lowest BCUT2D eigenvalue weighted by Gasteiger charge is -2.01. The topological polar surface area (TPSA) is 83.2 Å². The van der Waals surface area contributed by atoms with Crippen LogP contribution in [-0.2, 0) is 0 Å². The first-order valence-corrected chi connectivity index (χ1v) is 5.22. The summed E-state index contributed by atoms with van der Waals surface area (Å²) in [5.74, 6) is 0.591. The minimum atomic E-state index is -0.254. The summed E-state index contributed by atoms with van der Waals surface area (Å²) >= 11 is 0. The van der Waals surface area contributed by atoms with Crippen LogP contribution in [-0.4, -0.2) is 21.7 Å². The van der Waals surface area contributed by atoms with E-state index in [9.17, 15) is 4.79 Å². The summed E-state index contributed by atoms with van der Waals surface area (Å²) < 4.78 is 6.33. The molecular weight excluding hydrogens is 232 g/mol. The predicted molar refractivity (Wildman–Crippen MR) is 64.6 cm³/mol. The second kappa shape index (κ2) is 3.60. The molecule has 3 rings (SSSR count). The molecule has 6 heteroatoms. The summed E-state index contributed by atoms with van der Waals surface area (Å²) in [6.45, 7) is 0. The van der Waals surface area contributed by atoms with Crippen molar-refractivity contribution in [2.75, 3.05) is 7.11 Å². The van der Waals surface area contributed by atoms with Crippen molar-refractivity contribution in [2.24, 2.45) is 0 Å². The Morgan fingerprint density at radius 3 is 3.00 bits per heavy atom. The average molecular weight is 240 g/mol. The third-order valence-electron chi connectivity index (χ3n) is 2.73. The molecule has 0 saturated heterocycles. The van der Waals surface area contributed by atoms with E-state index in [1.54, 1.807) is 18.2 Å². The van der Waals surface area contributed by atoms with Crippen LogP contribution in [0.1, 0.15) is 5.69 Å². The smallest absolute Gasteiger partial charge is 0.280 e. The van der Waals surface area contributed by atoms with E-state index in [4.69, 9.17) is 10.00 Å². The lowest BCUT2D eigenvalue weighted by Crippen LogP contribution is -2.15. The Hall–Kier alpha value is -2.81. The van der Waals surface area contributed by atoms with Crippen molar-refractivity contribution in [2.45, 2.75) is 0 Å². The van der Waals surface area contributed by atoms with Gasteiger partial charge in [0.05, 0.1) is 18.0 Å². The van der Waals surface area contributed by atoms with E-state index < -0.39 is 0 Å². The zero-order valence-electron chi connectivity index (χ0n) is 9.47. The Bertz CT molecular complexity index is 854. The average Bonchev–Trinajstić information content (AvgIpc) is 2.82. The van der Waals surface area contributed by atoms with Crippen LogP contribution in [0.25, 0.3) is 16.6 Å². The Kier molecular flexibility index (Phi) is 2.07. The predicted octanol–water partition coefficient (Wildman–Crippen LogP) is 1.06. The first-order valence-electron chi connectivity index (χ1n) is 5.22. The number of hydrogen-bond acceptors (Lipinski definition) is 4. The summed E-state index contributed by atoms with van der Waals surface area (Å²) in [7, 11) is 1.53. The minimum absolute atomic E-state index is 0.254. The maximum atomic E-state index is 12.2. The highest BCUT2D eigenvalue weighted by atomic mass is 16.5. The van der Waals surface area contributed by atoms with Crippen molar-refractivity contribution in [1.82, 2.24) is 14.6 Å². The molecule has 0 fully saturated rings. The largest absolute Gasteiger partial charge is 0.497 e. The number of fused-ring (bicyclic) bond motifs is 2. The summed E-state index contributed by atoms with van der Waals surface area (Å²) in [6.07, 6.45) is 0. The van der Waals surface area contributed by atoms with E-state index >= 15 is 0 Å². The molecular formula is C12H8N4O2. The van der Waals surface area contributed by atoms with E-state index in [2.05, 4.69) is 10.1 Å².